The summed E-state index contributed by atoms with van der Waals surface area (Å²) in [5.41, 5.74) is 2.09. The molecule has 0 saturated carbocycles. The molecule has 0 bridgehead atoms. The Balaban J connectivity index is 0.000000437. The van der Waals surface area contributed by atoms with E-state index in [1.807, 2.05) is 6.07 Å². The normalized spacial score (nSPS) is 9.29. The molecule has 0 spiro atoms. The van der Waals surface area contributed by atoms with Gasteiger partial charge in [0.25, 0.3) is 0 Å². The van der Waals surface area contributed by atoms with Crippen LogP contribution in [0.3, 0.4) is 0 Å². The predicted molar refractivity (Wildman–Crippen MR) is 63.9 cm³/mol. The molecule has 5 heteroatoms. The van der Waals surface area contributed by atoms with Crippen molar-refractivity contribution >= 4 is 5.97 Å². The molecule has 0 radical (unpaired) electrons. The van der Waals surface area contributed by atoms with Gasteiger partial charge in [0.15, 0.2) is 0 Å². The van der Waals surface area contributed by atoms with Gasteiger partial charge in [0.2, 0.25) is 0 Å². The Kier molecular flexibility index (Phi) is 4.90. The van der Waals surface area contributed by atoms with Gasteiger partial charge in [-0.2, -0.15) is 5.10 Å². The number of ether oxygens (including phenoxy) is 1. The van der Waals surface area contributed by atoms with Crippen molar-refractivity contribution in [1.82, 2.24) is 10.2 Å². The average molecular weight is 234 g/mol. The van der Waals surface area contributed by atoms with Gasteiger partial charge in [-0.15, -0.1) is 0 Å². The van der Waals surface area contributed by atoms with Gasteiger partial charge < -0.3 is 9.84 Å². The second kappa shape index (κ2) is 6.44. The van der Waals surface area contributed by atoms with E-state index in [1.165, 1.54) is 0 Å². The third-order valence-electron chi connectivity index (χ3n) is 1.94. The number of carboxylic acid groups (broad SMARTS) is 1. The zero-order valence-electron chi connectivity index (χ0n) is 9.68. The second-order valence-corrected chi connectivity index (χ2v) is 3.26. The molecule has 0 amide bonds. The maximum atomic E-state index is 10.6. The van der Waals surface area contributed by atoms with Crippen LogP contribution >= 0.6 is 0 Å². The van der Waals surface area contributed by atoms with Crippen molar-refractivity contribution in [2.24, 2.45) is 0 Å². The lowest BCUT2D eigenvalue weighted by atomic mass is 10.1. The minimum atomic E-state index is -0.916. The number of carbonyl (C=O) groups is 1. The summed E-state index contributed by atoms with van der Waals surface area (Å²) in [5.74, 6) is -0.916. The molecule has 17 heavy (non-hydrogen) atoms. The van der Waals surface area contributed by atoms with Gasteiger partial charge in [-0.1, -0.05) is 12.1 Å². The predicted octanol–water partition coefficient (Wildman–Crippen LogP) is 2.04. The highest BCUT2D eigenvalue weighted by Gasteiger charge is 2.03. The second-order valence-electron chi connectivity index (χ2n) is 3.26. The molecular weight excluding hydrogens is 220 g/mol. The van der Waals surface area contributed by atoms with Crippen LogP contribution in [-0.4, -0.2) is 35.5 Å². The molecule has 2 N–H and O–H groups in total. The molecular formula is C12H14N2O3. The number of hydrogen-bond acceptors (Lipinski definition) is 3. The highest BCUT2D eigenvalue weighted by molar-refractivity contribution is 5.88. The molecule has 1 aromatic heterocycles. The fourth-order valence-corrected chi connectivity index (χ4v) is 1.21. The van der Waals surface area contributed by atoms with Gasteiger partial charge in [0.05, 0.1) is 11.3 Å². The molecule has 1 aromatic carbocycles. The van der Waals surface area contributed by atoms with E-state index in [0.29, 0.717) is 0 Å². The van der Waals surface area contributed by atoms with E-state index < -0.39 is 5.97 Å². The Hall–Kier alpha value is -2.14. The topological polar surface area (TPSA) is 75.2 Å². The molecule has 0 atom stereocenters. The van der Waals surface area contributed by atoms with Gasteiger partial charge in [-0.05, 0) is 23.8 Å². The summed E-state index contributed by atoms with van der Waals surface area (Å²) in [6, 6.07) is 8.46. The van der Waals surface area contributed by atoms with Crippen molar-refractivity contribution in [2.75, 3.05) is 14.2 Å². The lowest BCUT2D eigenvalue weighted by Crippen LogP contribution is -1.94. The van der Waals surface area contributed by atoms with Crippen molar-refractivity contribution in [2.45, 2.75) is 0 Å². The maximum absolute atomic E-state index is 10.6. The Bertz CT molecular complexity index is 449. The van der Waals surface area contributed by atoms with Crippen LogP contribution in [0.2, 0.25) is 0 Å². The molecule has 5 nitrogen and oxygen atoms in total. The SMILES string of the molecule is COC.O=C(O)c1ccc(-c2ccn[nH]2)cc1. The van der Waals surface area contributed by atoms with Crippen LogP contribution in [0.5, 0.6) is 0 Å². The third-order valence-corrected chi connectivity index (χ3v) is 1.94. The molecule has 0 aliphatic heterocycles. The minimum absolute atomic E-state index is 0.285. The van der Waals surface area contributed by atoms with Crippen LogP contribution < -0.4 is 0 Å². The highest BCUT2D eigenvalue weighted by atomic mass is 16.4. The van der Waals surface area contributed by atoms with Crippen LogP contribution in [-0.2, 0) is 4.74 Å². The Morgan fingerprint density at radius 2 is 1.82 bits per heavy atom. The fourth-order valence-electron chi connectivity index (χ4n) is 1.21. The van der Waals surface area contributed by atoms with E-state index in [4.69, 9.17) is 5.11 Å². The summed E-state index contributed by atoms with van der Waals surface area (Å²) >= 11 is 0. The van der Waals surface area contributed by atoms with Gasteiger partial charge in [0, 0.05) is 20.4 Å². The number of aromatic amines is 1. The van der Waals surface area contributed by atoms with Crippen molar-refractivity contribution in [3.8, 4) is 11.3 Å². The summed E-state index contributed by atoms with van der Waals surface area (Å²) in [7, 11) is 3.25. The Labute approximate surface area is 99.1 Å². The number of methoxy groups -OCH3 is 1. The third kappa shape index (κ3) is 3.73. The molecule has 1 heterocycles. The van der Waals surface area contributed by atoms with E-state index >= 15 is 0 Å². The summed E-state index contributed by atoms with van der Waals surface area (Å²) in [4.78, 5) is 10.6. The van der Waals surface area contributed by atoms with Crippen LogP contribution in [0.1, 0.15) is 10.4 Å². The summed E-state index contributed by atoms with van der Waals surface area (Å²) in [6.45, 7) is 0. The zero-order chi connectivity index (χ0) is 12.7. The number of nitrogens with one attached hydrogen (secondary N) is 1. The summed E-state index contributed by atoms with van der Waals surface area (Å²) in [6.07, 6.45) is 1.65. The van der Waals surface area contributed by atoms with Gasteiger partial charge in [0.1, 0.15) is 0 Å². The minimum Gasteiger partial charge on any atom is -0.478 e. The number of nitrogens with zero attached hydrogens (tertiary/aromatic N) is 1. The smallest absolute Gasteiger partial charge is 0.335 e. The summed E-state index contributed by atoms with van der Waals surface area (Å²) < 4.78 is 4.25. The number of carboxylic acids is 1. The molecule has 2 rings (SSSR count). The lowest BCUT2D eigenvalue weighted by molar-refractivity contribution is 0.0697. The van der Waals surface area contributed by atoms with E-state index in [0.717, 1.165) is 11.3 Å². The lowest BCUT2D eigenvalue weighted by Gasteiger charge is -1.97. The monoisotopic (exact) mass is 234 g/mol. The fraction of sp³-hybridized carbons (Fsp3) is 0.167. The number of hydrogen-bond donors (Lipinski definition) is 2. The van der Waals surface area contributed by atoms with E-state index in [2.05, 4.69) is 14.9 Å². The molecule has 2 aromatic rings. The number of rotatable bonds is 2. The van der Waals surface area contributed by atoms with Crippen LogP contribution in [0.15, 0.2) is 36.5 Å². The molecule has 90 valence electrons. The van der Waals surface area contributed by atoms with Crippen LogP contribution in [0.25, 0.3) is 11.3 Å². The standard InChI is InChI=1S/C10H8N2O2.C2H6O/c13-10(14)8-3-1-7(2-4-8)9-5-6-11-12-9;1-3-2/h1-6H,(H,11,12)(H,13,14);1-2H3. The number of H-pyrrole nitrogens is 1. The molecule has 0 unspecified atom stereocenters. The van der Waals surface area contributed by atoms with Crippen molar-refractivity contribution in [1.29, 1.82) is 0 Å². The largest absolute Gasteiger partial charge is 0.478 e. The first kappa shape index (κ1) is 12.9. The van der Waals surface area contributed by atoms with Crippen molar-refractivity contribution in [3.05, 3.63) is 42.1 Å². The number of aromatic nitrogens is 2. The first-order valence-electron chi connectivity index (χ1n) is 4.92. The summed E-state index contributed by atoms with van der Waals surface area (Å²) in [5, 5.41) is 15.3. The molecule has 0 aliphatic carbocycles. The van der Waals surface area contributed by atoms with E-state index in [1.54, 1.807) is 44.7 Å². The molecule has 0 fully saturated rings. The van der Waals surface area contributed by atoms with Crippen molar-refractivity contribution < 1.29 is 14.6 Å². The maximum Gasteiger partial charge on any atom is 0.335 e. The average Bonchev–Trinajstić information content (AvgIpc) is 2.83. The van der Waals surface area contributed by atoms with Gasteiger partial charge in [-0.25, -0.2) is 4.79 Å². The first-order chi connectivity index (χ1) is 8.19. The van der Waals surface area contributed by atoms with E-state index in [9.17, 15) is 4.79 Å². The van der Waals surface area contributed by atoms with Gasteiger partial charge >= 0.3 is 5.97 Å². The van der Waals surface area contributed by atoms with E-state index in [-0.39, 0.29) is 5.56 Å². The first-order valence-corrected chi connectivity index (χ1v) is 4.92. The van der Waals surface area contributed by atoms with Gasteiger partial charge in [-0.3, -0.25) is 5.10 Å². The molecule has 0 saturated heterocycles. The molecule has 0 aliphatic rings. The number of benzene rings is 1. The Morgan fingerprint density at radius 3 is 2.24 bits per heavy atom. The van der Waals surface area contributed by atoms with Crippen LogP contribution in [0.4, 0.5) is 0 Å². The van der Waals surface area contributed by atoms with Crippen molar-refractivity contribution in [3.63, 3.8) is 0 Å². The Morgan fingerprint density at radius 1 is 1.24 bits per heavy atom. The zero-order valence-corrected chi connectivity index (χ0v) is 9.68. The quantitative estimate of drug-likeness (QED) is 0.833. The number of aromatic carboxylic acids is 1. The highest BCUT2D eigenvalue weighted by Crippen LogP contribution is 2.16. The van der Waals surface area contributed by atoms with Crippen LogP contribution in [0, 0.1) is 0 Å².